The van der Waals surface area contributed by atoms with E-state index in [0.717, 1.165) is 24.9 Å². The van der Waals surface area contributed by atoms with E-state index in [9.17, 15) is 0 Å². The smallest absolute Gasteiger partial charge is 0.00981 e. The Hall–Kier alpha value is -0.300. The van der Waals surface area contributed by atoms with Crippen LogP contribution in [0.5, 0.6) is 0 Å². The SMILES string of the molecule is C=CCCC(NCC)C1CCCCC1. The van der Waals surface area contributed by atoms with Gasteiger partial charge in [-0.3, -0.25) is 0 Å². The highest BCUT2D eigenvalue weighted by Gasteiger charge is 2.21. The van der Waals surface area contributed by atoms with Crippen LogP contribution in [-0.4, -0.2) is 12.6 Å². The second-order valence-corrected chi connectivity index (χ2v) is 4.43. The van der Waals surface area contributed by atoms with Gasteiger partial charge in [-0.2, -0.15) is 0 Å². The van der Waals surface area contributed by atoms with Crippen molar-refractivity contribution >= 4 is 0 Å². The minimum atomic E-state index is 0.748. The summed E-state index contributed by atoms with van der Waals surface area (Å²) in [4.78, 5) is 0. The summed E-state index contributed by atoms with van der Waals surface area (Å²) in [7, 11) is 0. The number of rotatable bonds is 6. The third kappa shape index (κ3) is 3.83. The van der Waals surface area contributed by atoms with Gasteiger partial charge in [-0.25, -0.2) is 0 Å². The van der Waals surface area contributed by atoms with Crippen LogP contribution < -0.4 is 5.32 Å². The van der Waals surface area contributed by atoms with E-state index in [1.807, 2.05) is 6.08 Å². The summed E-state index contributed by atoms with van der Waals surface area (Å²) in [5, 5.41) is 3.64. The molecule has 1 saturated carbocycles. The average Bonchev–Trinajstić information content (AvgIpc) is 2.25. The van der Waals surface area contributed by atoms with Crippen LogP contribution in [0.4, 0.5) is 0 Å². The van der Waals surface area contributed by atoms with Crippen LogP contribution in [0.25, 0.3) is 0 Å². The monoisotopic (exact) mass is 195 g/mol. The van der Waals surface area contributed by atoms with Crippen LogP contribution in [0.1, 0.15) is 51.9 Å². The lowest BCUT2D eigenvalue weighted by molar-refractivity contribution is 0.261. The van der Waals surface area contributed by atoms with E-state index < -0.39 is 0 Å². The Morgan fingerprint density at radius 2 is 2.07 bits per heavy atom. The van der Waals surface area contributed by atoms with Crippen LogP contribution >= 0.6 is 0 Å². The van der Waals surface area contributed by atoms with E-state index in [0.29, 0.717) is 0 Å². The van der Waals surface area contributed by atoms with Gasteiger partial charge in [0.2, 0.25) is 0 Å². The van der Waals surface area contributed by atoms with E-state index in [1.165, 1.54) is 38.5 Å². The van der Waals surface area contributed by atoms with Crippen molar-refractivity contribution in [1.82, 2.24) is 5.32 Å². The predicted octanol–water partition coefficient (Wildman–Crippen LogP) is 3.51. The van der Waals surface area contributed by atoms with E-state index in [1.54, 1.807) is 0 Å². The topological polar surface area (TPSA) is 12.0 Å². The number of hydrogen-bond donors (Lipinski definition) is 1. The van der Waals surface area contributed by atoms with Gasteiger partial charge in [-0.1, -0.05) is 32.3 Å². The molecule has 1 N–H and O–H groups in total. The molecular formula is C13H25N. The Bertz CT molecular complexity index is 147. The highest BCUT2D eigenvalue weighted by atomic mass is 14.9. The van der Waals surface area contributed by atoms with Gasteiger partial charge in [0.05, 0.1) is 0 Å². The van der Waals surface area contributed by atoms with Crippen molar-refractivity contribution < 1.29 is 0 Å². The molecule has 1 rings (SSSR count). The van der Waals surface area contributed by atoms with E-state index in [2.05, 4.69) is 18.8 Å². The summed E-state index contributed by atoms with van der Waals surface area (Å²) in [5.41, 5.74) is 0. The molecule has 0 aromatic rings. The zero-order chi connectivity index (χ0) is 10.2. The van der Waals surface area contributed by atoms with Gasteiger partial charge in [0.15, 0.2) is 0 Å². The molecule has 14 heavy (non-hydrogen) atoms. The Morgan fingerprint density at radius 1 is 1.36 bits per heavy atom. The highest BCUT2D eigenvalue weighted by molar-refractivity contribution is 4.81. The van der Waals surface area contributed by atoms with Gasteiger partial charge in [0.1, 0.15) is 0 Å². The van der Waals surface area contributed by atoms with Gasteiger partial charge < -0.3 is 5.32 Å². The minimum absolute atomic E-state index is 0.748. The molecule has 0 bridgehead atoms. The van der Waals surface area contributed by atoms with Gasteiger partial charge >= 0.3 is 0 Å². The van der Waals surface area contributed by atoms with Gasteiger partial charge in [-0.05, 0) is 38.1 Å². The zero-order valence-electron chi connectivity index (χ0n) is 9.60. The van der Waals surface area contributed by atoms with Crippen molar-refractivity contribution in [1.29, 1.82) is 0 Å². The zero-order valence-corrected chi connectivity index (χ0v) is 9.60. The Kier molecular flexibility index (Phi) is 5.93. The molecular weight excluding hydrogens is 170 g/mol. The van der Waals surface area contributed by atoms with Crippen molar-refractivity contribution in [2.24, 2.45) is 5.92 Å². The maximum absolute atomic E-state index is 3.81. The molecule has 0 amide bonds. The molecule has 82 valence electrons. The second kappa shape index (κ2) is 7.05. The van der Waals surface area contributed by atoms with Crippen molar-refractivity contribution in [3.8, 4) is 0 Å². The summed E-state index contributed by atoms with van der Waals surface area (Å²) in [6.07, 6.45) is 11.7. The maximum Gasteiger partial charge on any atom is 0.00981 e. The largest absolute Gasteiger partial charge is 0.314 e. The molecule has 1 fully saturated rings. The standard InChI is InChI=1S/C13H25N/c1-3-5-11-13(14-4-2)12-9-7-6-8-10-12/h3,12-14H,1,4-11H2,2H3. The van der Waals surface area contributed by atoms with Crippen LogP contribution in [0.3, 0.4) is 0 Å². The summed E-state index contributed by atoms with van der Waals surface area (Å²) < 4.78 is 0. The third-order valence-electron chi connectivity index (χ3n) is 3.37. The first-order valence-corrected chi connectivity index (χ1v) is 6.22. The minimum Gasteiger partial charge on any atom is -0.314 e. The maximum atomic E-state index is 3.81. The Balaban J connectivity index is 2.33. The molecule has 0 heterocycles. The first-order chi connectivity index (χ1) is 6.88. The summed E-state index contributed by atoms with van der Waals surface area (Å²) in [5.74, 6) is 0.934. The summed E-state index contributed by atoms with van der Waals surface area (Å²) in [6, 6.07) is 0.748. The third-order valence-corrected chi connectivity index (χ3v) is 3.37. The molecule has 1 heteroatoms. The summed E-state index contributed by atoms with van der Waals surface area (Å²) >= 11 is 0. The van der Waals surface area contributed by atoms with Crippen LogP contribution in [0.15, 0.2) is 12.7 Å². The lowest BCUT2D eigenvalue weighted by Crippen LogP contribution is -2.37. The number of hydrogen-bond acceptors (Lipinski definition) is 1. The van der Waals surface area contributed by atoms with Crippen LogP contribution in [-0.2, 0) is 0 Å². The second-order valence-electron chi connectivity index (χ2n) is 4.43. The lowest BCUT2D eigenvalue weighted by Gasteiger charge is -2.30. The average molecular weight is 195 g/mol. The van der Waals surface area contributed by atoms with Crippen molar-refractivity contribution in [2.75, 3.05) is 6.54 Å². The first-order valence-electron chi connectivity index (χ1n) is 6.22. The molecule has 0 aromatic carbocycles. The molecule has 0 aliphatic heterocycles. The van der Waals surface area contributed by atoms with E-state index in [4.69, 9.17) is 0 Å². The fourth-order valence-corrected chi connectivity index (χ4v) is 2.60. The van der Waals surface area contributed by atoms with Crippen LogP contribution in [0, 0.1) is 5.92 Å². The molecule has 1 nitrogen and oxygen atoms in total. The quantitative estimate of drug-likeness (QED) is 0.640. The van der Waals surface area contributed by atoms with Gasteiger partial charge in [0, 0.05) is 6.04 Å². The molecule has 0 saturated heterocycles. The highest BCUT2D eigenvalue weighted by Crippen LogP contribution is 2.28. The molecule has 1 aliphatic carbocycles. The van der Waals surface area contributed by atoms with Crippen molar-refractivity contribution in [3.05, 3.63) is 12.7 Å². The molecule has 0 aromatic heterocycles. The fourth-order valence-electron chi connectivity index (χ4n) is 2.60. The molecule has 0 spiro atoms. The molecule has 0 radical (unpaired) electrons. The van der Waals surface area contributed by atoms with Crippen molar-refractivity contribution in [3.63, 3.8) is 0 Å². The normalized spacial score (nSPS) is 20.6. The van der Waals surface area contributed by atoms with Crippen molar-refractivity contribution in [2.45, 2.75) is 57.9 Å². The number of allylic oxidation sites excluding steroid dienone is 1. The summed E-state index contributed by atoms with van der Waals surface area (Å²) in [6.45, 7) is 7.13. The van der Waals surface area contributed by atoms with Crippen LogP contribution in [0.2, 0.25) is 0 Å². The van der Waals surface area contributed by atoms with Gasteiger partial charge in [0.25, 0.3) is 0 Å². The van der Waals surface area contributed by atoms with E-state index >= 15 is 0 Å². The van der Waals surface area contributed by atoms with Gasteiger partial charge in [-0.15, -0.1) is 6.58 Å². The lowest BCUT2D eigenvalue weighted by atomic mass is 9.82. The van der Waals surface area contributed by atoms with E-state index in [-0.39, 0.29) is 0 Å². The molecule has 1 aliphatic rings. The predicted molar refractivity (Wildman–Crippen MR) is 63.5 cm³/mol. The Labute approximate surface area is 89.0 Å². The first kappa shape index (κ1) is 11.8. The number of nitrogens with one attached hydrogen (secondary N) is 1. The molecule has 1 unspecified atom stereocenters. The Morgan fingerprint density at radius 3 is 2.64 bits per heavy atom. The molecule has 1 atom stereocenters. The fraction of sp³-hybridized carbons (Fsp3) is 0.846.